The van der Waals surface area contributed by atoms with E-state index in [1.54, 1.807) is 29.7 Å². The van der Waals surface area contributed by atoms with Crippen LogP contribution in [0.4, 0.5) is 5.13 Å². The van der Waals surface area contributed by atoms with Gasteiger partial charge in [-0.3, -0.25) is 9.78 Å². The Hall–Kier alpha value is -2.19. The van der Waals surface area contributed by atoms with Crippen molar-refractivity contribution < 1.29 is 9.21 Å². The molecule has 0 radical (unpaired) electrons. The molecule has 0 atom stereocenters. The summed E-state index contributed by atoms with van der Waals surface area (Å²) >= 11 is 4.86. The first-order valence-corrected chi connectivity index (χ1v) is 10.0. The summed E-state index contributed by atoms with van der Waals surface area (Å²) in [6.07, 6.45) is 5.36. The molecule has 0 saturated carbocycles. The van der Waals surface area contributed by atoms with Crippen LogP contribution in [0.25, 0.3) is 11.3 Å². The summed E-state index contributed by atoms with van der Waals surface area (Å²) in [7, 11) is 0. The van der Waals surface area contributed by atoms with Crippen LogP contribution in [0.1, 0.15) is 23.4 Å². The summed E-state index contributed by atoms with van der Waals surface area (Å²) in [6, 6.07) is 7.48. The predicted octanol–water partition coefficient (Wildman–Crippen LogP) is 3.96. The summed E-state index contributed by atoms with van der Waals surface area (Å²) in [5.41, 5.74) is 1.98. The lowest BCUT2D eigenvalue weighted by Gasteiger charge is -2.31. The van der Waals surface area contributed by atoms with Crippen molar-refractivity contribution in [2.75, 3.05) is 18.0 Å². The van der Waals surface area contributed by atoms with Crippen LogP contribution >= 0.6 is 27.3 Å². The molecule has 0 bridgehead atoms. The maximum absolute atomic E-state index is 12.2. The van der Waals surface area contributed by atoms with Gasteiger partial charge in [0.25, 0.3) is 5.91 Å². The first-order chi connectivity index (χ1) is 12.7. The minimum absolute atomic E-state index is 0.153. The molecule has 0 aromatic carbocycles. The largest absolute Gasteiger partial charge is 0.444 e. The molecular formula is C18H17BrN4O2S. The lowest BCUT2D eigenvalue weighted by molar-refractivity contribution is 0.0901. The number of pyridine rings is 1. The van der Waals surface area contributed by atoms with E-state index in [2.05, 4.69) is 36.5 Å². The van der Waals surface area contributed by atoms with E-state index < -0.39 is 0 Å². The Morgan fingerprint density at radius 1 is 1.31 bits per heavy atom. The third kappa shape index (κ3) is 3.81. The van der Waals surface area contributed by atoms with Gasteiger partial charge < -0.3 is 14.6 Å². The fourth-order valence-corrected chi connectivity index (χ4v) is 4.16. The van der Waals surface area contributed by atoms with Gasteiger partial charge in [-0.2, -0.15) is 0 Å². The number of aromatic nitrogens is 2. The van der Waals surface area contributed by atoms with Gasteiger partial charge >= 0.3 is 0 Å². The van der Waals surface area contributed by atoms with Gasteiger partial charge in [0.15, 0.2) is 15.6 Å². The van der Waals surface area contributed by atoms with Crippen LogP contribution in [0.15, 0.2) is 51.1 Å². The number of carbonyl (C=O) groups is 1. The van der Waals surface area contributed by atoms with Crippen LogP contribution < -0.4 is 10.2 Å². The maximum Gasteiger partial charge on any atom is 0.287 e. The molecule has 1 aliphatic rings. The van der Waals surface area contributed by atoms with E-state index in [0.29, 0.717) is 10.4 Å². The molecule has 8 heteroatoms. The van der Waals surface area contributed by atoms with Gasteiger partial charge in [-0.25, -0.2) is 4.98 Å². The second kappa shape index (κ2) is 7.59. The molecule has 4 rings (SSSR count). The van der Waals surface area contributed by atoms with E-state index >= 15 is 0 Å². The zero-order chi connectivity index (χ0) is 17.9. The molecule has 3 aromatic rings. The van der Waals surface area contributed by atoms with E-state index in [4.69, 9.17) is 9.40 Å². The predicted molar refractivity (Wildman–Crippen MR) is 104 cm³/mol. The molecule has 6 nitrogen and oxygen atoms in total. The second-order valence-electron chi connectivity index (χ2n) is 6.10. The quantitative estimate of drug-likeness (QED) is 0.675. The van der Waals surface area contributed by atoms with Crippen molar-refractivity contribution in [1.82, 2.24) is 15.3 Å². The lowest BCUT2D eigenvalue weighted by atomic mass is 10.1. The van der Waals surface area contributed by atoms with Crippen LogP contribution in [-0.2, 0) is 0 Å². The average molecular weight is 433 g/mol. The molecule has 0 aliphatic carbocycles. The molecular weight excluding hydrogens is 416 g/mol. The van der Waals surface area contributed by atoms with Crippen molar-refractivity contribution in [3.05, 3.63) is 52.5 Å². The number of hydrogen-bond acceptors (Lipinski definition) is 6. The Balaban J connectivity index is 1.34. The topological polar surface area (TPSA) is 71.3 Å². The van der Waals surface area contributed by atoms with Crippen molar-refractivity contribution in [2.24, 2.45) is 0 Å². The fourth-order valence-electron chi connectivity index (χ4n) is 2.96. The number of thiazole rings is 1. The number of anilines is 1. The van der Waals surface area contributed by atoms with Gasteiger partial charge in [0.05, 0.1) is 5.69 Å². The summed E-state index contributed by atoms with van der Waals surface area (Å²) < 4.78 is 5.86. The Kier molecular flexibility index (Phi) is 5.03. The molecule has 0 unspecified atom stereocenters. The highest BCUT2D eigenvalue weighted by Gasteiger charge is 2.24. The van der Waals surface area contributed by atoms with E-state index in [1.165, 1.54) is 0 Å². The molecule has 1 saturated heterocycles. The number of rotatable bonds is 4. The number of nitrogens with zero attached hydrogens (tertiary/aromatic N) is 3. The zero-order valence-corrected chi connectivity index (χ0v) is 16.3. The number of piperidine rings is 1. The third-order valence-corrected chi connectivity index (χ3v) is 5.67. The molecule has 1 amide bonds. The molecule has 1 N–H and O–H groups in total. The van der Waals surface area contributed by atoms with Gasteiger partial charge in [0, 0.05) is 42.5 Å². The number of halogens is 1. The highest BCUT2D eigenvalue weighted by molar-refractivity contribution is 9.10. The average Bonchev–Trinajstić information content (AvgIpc) is 3.32. The molecule has 1 aliphatic heterocycles. The maximum atomic E-state index is 12.2. The Morgan fingerprint density at radius 2 is 2.15 bits per heavy atom. The number of carbonyl (C=O) groups excluding carboxylic acids is 1. The first kappa shape index (κ1) is 17.2. The molecule has 26 heavy (non-hydrogen) atoms. The summed E-state index contributed by atoms with van der Waals surface area (Å²) in [5.74, 6) is 0.169. The van der Waals surface area contributed by atoms with Crippen LogP contribution in [0.3, 0.4) is 0 Å². The Bertz CT molecular complexity index is 888. The van der Waals surface area contributed by atoms with Crippen LogP contribution in [-0.4, -0.2) is 35.0 Å². The number of amides is 1. The van der Waals surface area contributed by atoms with Gasteiger partial charge in [0.2, 0.25) is 0 Å². The number of nitrogens with one attached hydrogen (secondary N) is 1. The Labute approximate surface area is 163 Å². The zero-order valence-electron chi connectivity index (χ0n) is 13.9. The van der Waals surface area contributed by atoms with E-state index in [0.717, 1.165) is 42.3 Å². The normalized spacial score (nSPS) is 15.2. The Morgan fingerprint density at radius 3 is 2.85 bits per heavy atom. The monoisotopic (exact) mass is 432 g/mol. The van der Waals surface area contributed by atoms with Crippen molar-refractivity contribution in [2.45, 2.75) is 18.9 Å². The van der Waals surface area contributed by atoms with Gasteiger partial charge in [-0.15, -0.1) is 11.3 Å². The van der Waals surface area contributed by atoms with Crippen LogP contribution in [0.5, 0.6) is 0 Å². The molecule has 3 aromatic heterocycles. The molecule has 1 fully saturated rings. The van der Waals surface area contributed by atoms with Gasteiger partial charge in [0.1, 0.15) is 0 Å². The van der Waals surface area contributed by atoms with Gasteiger partial charge in [-0.05, 0) is 53.0 Å². The van der Waals surface area contributed by atoms with Crippen molar-refractivity contribution in [3.63, 3.8) is 0 Å². The highest BCUT2D eigenvalue weighted by Crippen LogP contribution is 2.29. The minimum Gasteiger partial charge on any atom is -0.444 e. The molecule has 0 spiro atoms. The van der Waals surface area contributed by atoms with Crippen molar-refractivity contribution in [3.8, 4) is 11.3 Å². The highest BCUT2D eigenvalue weighted by atomic mass is 79.9. The van der Waals surface area contributed by atoms with Crippen molar-refractivity contribution >= 4 is 38.3 Å². The molecule has 134 valence electrons. The van der Waals surface area contributed by atoms with E-state index in [1.807, 2.05) is 18.3 Å². The summed E-state index contributed by atoms with van der Waals surface area (Å²) in [5, 5.41) is 6.13. The summed E-state index contributed by atoms with van der Waals surface area (Å²) in [4.78, 5) is 23.3. The lowest BCUT2D eigenvalue weighted by Crippen LogP contribution is -2.44. The van der Waals surface area contributed by atoms with Crippen LogP contribution in [0, 0.1) is 0 Å². The first-order valence-electron chi connectivity index (χ1n) is 8.36. The minimum atomic E-state index is -0.165. The van der Waals surface area contributed by atoms with E-state index in [9.17, 15) is 4.79 Å². The SMILES string of the molecule is O=C(NC1CCN(c2nc(-c3cccnc3)cs2)CC1)c1ccc(Br)o1. The summed E-state index contributed by atoms with van der Waals surface area (Å²) in [6.45, 7) is 1.74. The standard InChI is InChI=1S/C18H17BrN4O2S/c19-16-4-3-15(25-16)17(24)21-13-5-8-23(9-6-13)18-22-14(11-26-18)12-2-1-7-20-10-12/h1-4,7,10-11,13H,5-6,8-9H2,(H,21,24). The second-order valence-corrected chi connectivity index (χ2v) is 7.71. The third-order valence-electron chi connectivity index (χ3n) is 4.35. The van der Waals surface area contributed by atoms with E-state index in [-0.39, 0.29) is 11.9 Å². The number of hydrogen-bond donors (Lipinski definition) is 1. The number of furan rings is 1. The fraction of sp³-hybridized carbons (Fsp3) is 0.278. The van der Waals surface area contributed by atoms with Crippen molar-refractivity contribution in [1.29, 1.82) is 0 Å². The van der Waals surface area contributed by atoms with Crippen LogP contribution in [0.2, 0.25) is 0 Å². The van der Waals surface area contributed by atoms with Gasteiger partial charge in [-0.1, -0.05) is 0 Å². The molecule has 4 heterocycles. The smallest absolute Gasteiger partial charge is 0.287 e.